The molecule has 2 rings (SSSR count). The molecule has 0 aliphatic heterocycles. The number of fused-ring (bicyclic) bond motifs is 1. The smallest absolute Gasteiger partial charge is 0.328 e. The standard InChI is InChI=1S/C18H20N2O5/c1-11(8-15(21)24-2)16(18(23)25-3)20-17(22)13-9-12-6-4-5-7-14(12)19-10-13/h4-7,9-11,16H,8H2,1-3H3,(H,20,22)/t11-,16+/m1/s1. The van der Waals surface area contributed by atoms with Gasteiger partial charge in [-0.25, -0.2) is 4.79 Å². The van der Waals surface area contributed by atoms with Crippen molar-refractivity contribution in [2.24, 2.45) is 5.92 Å². The first-order chi connectivity index (χ1) is 12.0. The van der Waals surface area contributed by atoms with Gasteiger partial charge in [0, 0.05) is 11.6 Å². The van der Waals surface area contributed by atoms with Crippen molar-refractivity contribution in [3.05, 3.63) is 42.1 Å². The predicted octanol–water partition coefficient (Wildman–Crippen LogP) is 1.71. The highest BCUT2D eigenvalue weighted by Crippen LogP contribution is 2.15. The van der Waals surface area contributed by atoms with Gasteiger partial charge in [-0.15, -0.1) is 0 Å². The Morgan fingerprint density at radius 2 is 1.88 bits per heavy atom. The summed E-state index contributed by atoms with van der Waals surface area (Å²) in [6.45, 7) is 1.66. The number of ether oxygens (including phenoxy) is 2. The van der Waals surface area contributed by atoms with E-state index in [1.807, 2.05) is 24.3 Å². The maximum atomic E-state index is 12.5. The number of carbonyl (C=O) groups is 3. The van der Waals surface area contributed by atoms with E-state index in [1.54, 1.807) is 13.0 Å². The molecule has 0 saturated carbocycles. The minimum atomic E-state index is -0.969. The SMILES string of the molecule is COC(=O)C[C@@H](C)[C@H](NC(=O)c1cnc2ccccc2c1)C(=O)OC. The minimum Gasteiger partial charge on any atom is -0.469 e. The number of carbonyl (C=O) groups excluding carboxylic acids is 3. The lowest BCUT2D eigenvalue weighted by Crippen LogP contribution is -2.46. The Balaban J connectivity index is 2.19. The molecule has 1 aromatic heterocycles. The van der Waals surface area contributed by atoms with Crippen LogP contribution in [0.5, 0.6) is 0 Å². The van der Waals surface area contributed by atoms with Gasteiger partial charge in [0.2, 0.25) is 0 Å². The first kappa shape index (κ1) is 18.4. The van der Waals surface area contributed by atoms with Gasteiger partial charge in [-0.1, -0.05) is 25.1 Å². The van der Waals surface area contributed by atoms with Gasteiger partial charge in [0.1, 0.15) is 6.04 Å². The average molecular weight is 344 g/mol. The molecule has 1 amide bonds. The van der Waals surface area contributed by atoms with Crippen molar-refractivity contribution in [2.75, 3.05) is 14.2 Å². The van der Waals surface area contributed by atoms with Crippen LogP contribution >= 0.6 is 0 Å². The van der Waals surface area contributed by atoms with Crippen molar-refractivity contribution in [3.8, 4) is 0 Å². The fraction of sp³-hybridized carbons (Fsp3) is 0.333. The third-order valence-electron chi connectivity index (χ3n) is 3.88. The normalized spacial score (nSPS) is 12.9. The molecule has 0 saturated heterocycles. The summed E-state index contributed by atoms with van der Waals surface area (Å²) >= 11 is 0. The summed E-state index contributed by atoms with van der Waals surface area (Å²) in [6, 6.07) is 8.11. The molecule has 1 N–H and O–H groups in total. The van der Waals surface area contributed by atoms with Crippen molar-refractivity contribution in [2.45, 2.75) is 19.4 Å². The fourth-order valence-electron chi connectivity index (χ4n) is 2.44. The molecule has 0 spiro atoms. The molecular formula is C18H20N2O5. The van der Waals surface area contributed by atoms with Gasteiger partial charge >= 0.3 is 11.9 Å². The highest BCUT2D eigenvalue weighted by atomic mass is 16.5. The largest absolute Gasteiger partial charge is 0.469 e. The van der Waals surface area contributed by atoms with Gasteiger partial charge in [-0.05, 0) is 18.1 Å². The van der Waals surface area contributed by atoms with Crippen molar-refractivity contribution >= 4 is 28.7 Å². The van der Waals surface area contributed by atoms with Crippen molar-refractivity contribution < 1.29 is 23.9 Å². The zero-order chi connectivity index (χ0) is 18.4. The fourth-order valence-corrected chi connectivity index (χ4v) is 2.44. The van der Waals surface area contributed by atoms with Gasteiger partial charge in [0.15, 0.2) is 0 Å². The van der Waals surface area contributed by atoms with E-state index in [0.29, 0.717) is 5.56 Å². The van der Waals surface area contributed by atoms with Crippen LogP contribution in [0.2, 0.25) is 0 Å². The number of para-hydroxylation sites is 1. The van der Waals surface area contributed by atoms with Gasteiger partial charge in [0.05, 0.1) is 31.7 Å². The molecular weight excluding hydrogens is 324 g/mol. The summed E-state index contributed by atoms with van der Waals surface area (Å²) in [6.07, 6.45) is 1.42. The zero-order valence-corrected chi connectivity index (χ0v) is 14.3. The number of benzene rings is 1. The number of pyridine rings is 1. The van der Waals surface area contributed by atoms with Crippen LogP contribution in [-0.2, 0) is 19.1 Å². The molecule has 2 aromatic rings. The molecule has 25 heavy (non-hydrogen) atoms. The molecule has 2 atom stereocenters. The highest BCUT2D eigenvalue weighted by Gasteiger charge is 2.30. The molecule has 0 unspecified atom stereocenters. The van der Waals surface area contributed by atoms with E-state index in [1.165, 1.54) is 20.4 Å². The molecule has 7 heteroatoms. The van der Waals surface area contributed by atoms with Crippen LogP contribution in [0.15, 0.2) is 36.5 Å². The Morgan fingerprint density at radius 3 is 2.56 bits per heavy atom. The molecule has 7 nitrogen and oxygen atoms in total. The summed E-state index contributed by atoms with van der Waals surface area (Å²) < 4.78 is 9.34. The van der Waals surface area contributed by atoms with E-state index in [4.69, 9.17) is 4.74 Å². The maximum absolute atomic E-state index is 12.5. The maximum Gasteiger partial charge on any atom is 0.328 e. The number of nitrogens with one attached hydrogen (secondary N) is 1. The minimum absolute atomic E-state index is 0.0213. The van der Waals surface area contributed by atoms with Crippen LogP contribution in [0.4, 0.5) is 0 Å². The number of rotatable bonds is 6. The Bertz CT molecular complexity index is 790. The monoisotopic (exact) mass is 344 g/mol. The number of esters is 2. The molecule has 1 heterocycles. The topological polar surface area (TPSA) is 94.6 Å². The summed E-state index contributed by atoms with van der Waals surface area (Å²) in [4.78, 5) is 40.2. The second-order valence-electron chi connectivity index (χ2n) is 5.65. The van der Waals surface area contributed by atoms with E-state index < -0.39 is 29.8 Å². The van der Waals surface area contributed by atoms with Crippen LogP contribution in [0.1, 0.15) is 23.7 Å². The van der Waals surface area contributed by atoms with Crippen molar-refractivity contribution in [1.82, 2.24) is 10.3 Å². The molecule has 0 fully saturated rings. The molecule has 0 aliphatic rings. The summed E-state index contributed by atoms with van der Waals surface area (Å²) in [7, 11) is 2.49. The predicted molar refractivity (Wildman–Crippen MR) is 90.8 cm³/mol. The van der Waals surface area contributed by atoms with E-state index >= 15 is 0 Å². The second-order valence-corrected chi connectivity index (χ2v) is 5.65. The third kappa shape index (κ3) is 4.53. The van der Waals surface area contributed by atoms with E-state index in [0.717, 1.165) is 10.9 Å². The molecule has 0 radical (unpaired) electrons. The Kier molecular flexibility index (Phi) is 6.05. The molecule has 1 aromatic carbocycles. The van der Waals surface area contributed by atoms with E-state index in [9.17, 15) is 14.4 Å². The number of aromatic nitrogens is 1. The number of nitrogens with zero attached hydrogens (tertiary/aromatic N) is 1. The van der Waals surface area contributed by atoms with Gasteiger partial charge in [-0.2, -0.15) is 0 Å². The third-order valence-corrected chi connectivity index (χ3v) is 3.88. The Hall–Kier alpha value is -2.96. The van der Waals surface area contributed by atoms with E-state index in [-0.39, 0.29) is 6.42 Å². The van der Waals surface area contributed by atoms with Crippen molar-refractivity contribution in [1.29, 1.82) is 0 Å². The second kappa shape index (κ2) is 8.23. The summed E-state index contributed by atoms with van der Waals surface area (Å²) in [5, 5.41) is 3.43. The number of hydrogen-bond acceptors (Lipinski definition) is 6. The summed E-state index contributed by atoms with van der Waals surface area (Å²) in [5.41, 5.74) is 1.08. The first-order valence-electron chi connectivity index (χ1n) is 7.76. The Morgan fingerprint density at radius 1 is 1.16 bits per heavy atom. The molecule has 132 valence electrons. The van der Waals surface area contributed by atoms with Gasteiger partial charge < -0.3 is 14.8 Å². The molecule has 0 aliphatic carbocycles. The quantitative estimate of drug-likeness (QED) is 0.802. The number of methoxy groups -OCH3 is 2. The van der Waals surface area contributed by atoms with Gasteiger partial charge in [0.25, 0.3) is 5.91 Å². The average Bonchev–Trinajstić information content (AvgIpc) is 2.64. The van der Waals surface area contributed by atoms with E-state index in [2.05, 4.69) is 15.0 Å². The van der Waals surface area contributed by atoms with Crippen LogP contribution in [0, 0.1) is 5.92 Å². The highest BCUT2D eigenvalue weighted by molar-refractivity contribution is 5.99. The lowest BCUT2D eigenvalue weighted by atomic mass is 9.98. The van der Waals surface area contributed by atoms with Crippen LogP contribution in [0.3, 0.4) is 0 Å². The Labute approximate surface area is 145 Å². The zero-order valence-electron chi connectivity index (χ0n) is 14.3. The lowest BCUT2D eigenvalue weighted by molar-refractivity contribution is -0.146. The number of hydrogen-bond donors (Lipinski definition) is 1. The van der Waals surface area contributed by atoms with Crippen LogP contribution < -0.4 is 5.32 Å². The van der Waals surface area contributed by atoms with Crippen LogP contribution in [0.25, 0.3) is 10.9 Å². The van der Waals surface area contributed by atoms with Crippen molar-refractivity contribution in [3.63, 3.8) is 0 Å². The van der Waals surface area contributed by atoms with Gasteiger partial charge in [-0.3, -0.25) is 14.6 Å². The lowest BCUT2D eigenvalue weighted by Gasteiger charge is -2.22. The molecule has 0 bridgehead atoms. The number of amides is 1. The van der Waals surface area contributed by atoms with Crippen LogP contribution in [-0.4, -0.2) is 43.1 Å². The summed E-state index contributed by atoms with van der Waals surface area (Å²) in [5.74, 6) is -2.05. The first-order valence-corrected chi connectivity index (χ1v) is 7.76.